The molecule has 0 aromatic heterocycles. The molecule has 0 aliphatic heterocycles. The van der Waals surface area contributed by atoms with E-state index in [4.69, 9.17) is 11.6 Å². The third kappa shape index (κ3) is 1.83. The Kier molecular flexibility index (Phi) is 2.94. The monoisotopic (exact) mass is 198 g/mol. The van der Waals surface area contributed by atoms with Gasteiger partial charge in [0.05, 0.1) is 12.7 Å². The first-order valence-corrected chi connectivity index (χ1v) is 4.29. The summed E-state index contributed by atoms with van der Waals surface area (Å²) in [5.74, 6) is -0.348. The van der Waals surface area contributed by atoms with E-state index in [0.717, 1.165) is 11.1 Å². The molecule has 0 aliphatic rings. The van der Waals surface area contributed by atoms with Crippen LogP contribution in [0, 0.1) is 13.8 Å². The third-order valence-electron chi connectivity index (χ3n) is 1.98. The van der Waals surface area contributed by atoms with Crippen molar-refractivity contribution < 1.29 is 9.53 Å². The Hall–Kier alpha value is -1.02. The molecule has 1 aromatic carbocycles. The minimum Gasteiger partial charge on any atom is -0.465 e. The van der Waals surface area contributed by atoms with Crippen LogP contribution < -0.4 is 0 Å². The van der Waals surface area contributed by atoms with Gasteiger partial charge in [-0.25, -0.2) is 4.79 Å². The maximum atomic E-state index is 11.2. The third-order valence-corrected chi connectivity index (χ3v) is 2.57. The fourth-order valence-corrected chi connectivity index (χ4v) is 1.32. The minimum absolute atomic E-state index is 0.348. The number of rotatable bonds is 1. The van der Waals surface area contributed by atoms with Crippen LogP contribution in [-0.4, -0.2) is 13.1 Å². The van der Waals surface area contributed by atoms with E-state index in [2.05, 4.69) is 4.74 Å². The van der Waals surface area contributed by atoms with Gasteiger partial charge in [0, 0.05) is 5.02 Å². The van der Waals surface area contributed by atoms with Crippen molar-refractivity contribution in [3.63, 3.8) is 0 Å². The van der Waals surface area contributed by atoms with Crippen LogP contribution in [0.15, 0.2) is 12.1 Å². The molecule has 1 rings (SSSR count). The predicted molar refractivity (Wildman–Crippen MR) is 52.3 cm³/mol. The summed E-state index contributed by atoms with van der Waals surface area (Å²) in [7, 11) is 1.36. The van der Waals surface area contributed by atoms with Crippen LogP contribution in [0.4, 0.5) is 0 Å². The first-order chi connectivity index (χ1) is 6.07. The zero-order valence-corrected chi connectivity index (χ0v) is 8.61. The molecule has 0 saturated carbocycles. The van der Waals surface area contributed by atoms with Gasteiger partial charge in [-0.15, -0.1) is 0 Å². The summed E-state index contributed by atoms with van der Waals surface area (Å²) in [4.78, 5) is 11.2. The highest BCUT2D eigenvalue weighted by Crippen LogP contribution is 2.23. The Morgan fingerprint density at radius 3 is 2.54 bits per heavy atom. The highest BCUT2D eigenvalue weighted by atomic mass is 35.5. The zero-order valence-electron chi connectivity index (χ0n) is 7.85. The molecular weight excluding hydrogens is 188 g/mol. The molecule has 70 valence electrons. The van der Waals surface area contributed by atoms with Crippen molar-refractivity contribution in [3.8, 4) is 0 Å². The standard InChI is InChI=1S/C10H11ClO2/c1-6-4-5-8(10(12)13-3)7(2)9(6)11/h4-5H,1-3H3. The largest absolute Gasteiger partial charge is 0.465 e. The molecule has 0 N–H and O–H groups in total. The van der Waals surface area contributed by atoms with E-state index in [-0.39, 0.29) is 5.97 Å². The quantitative estimate of drug-likeness (QED) is 0.649. The first-order valence-electron chi connectivity index (χ1n) is 3.92. The number of ether oxygens (including phenoxy) is 1. The first kappa shape index (κ1) is 10.1. The molecule has 0 unspecified atom stereocenters. The predicted octanol–water partition coefficient (Wildman–Crippen LogP) is 2.74. The van der Waals surface area contributed by atoms with Crippen molar-refractivity contribution >= 4 is 17.6 Å². The van der Waals surface area contributed by atoms with E-state index in [1.807, 2.05) is 19.9 Å². The van der Waals surface area contributed by atoms with E-state index in [0.29, 0.717) is 10.6 Å². The lowest BCUT2D eigenvalue weighted by molar-refractivity contribution is 0.0600. The molecule has 0 spiro atoms. The van der Waals surface area contributed by atoms with Crippen molar-refractivity contribution in [3.05, 3.63) is 33.8 Å². The number of esters is 1. The molecule has 0 heterocycles. The van der Waals surface area contributed by atoms with Gasteiger partial charge in [0.1, 0.15) is 0 Å². The maximum Gasteiger partial charge on any atom is 0.338 e. The van der Waals surface area contributed by atoms with Gasteiger partial charge in [0.2, 0.25) is 0 Å². The second-order valence-corrected chi connectivity index (χ2v) is 3.24. The van der Waals surface area contributed by atoms with Crippen LogP contribution in [0.1, 0.15) is 21.5 Å². The van der Waals surface area contributed by atoms with E-state index in [1.54, 1.807) is 6.07 Å². The lowest BCUT2D eigenvalue weighted by Crippen LogP contribution is -2.04. The average Bonchev–Trinajstić information content (AvgIpc) is 2.13. The van der Waals surface area contributed by atoms with Crippen molar-refractivity contribution in [1.29, 1.82) is 0 Å². The normalized spacial score (nSPS) is 9.85. The summed E-state index contributed by atoms with van der Waals surface area (Å²) < 4.78 is 4.61. The number of hydrogen-bond acceptors (Lipinski definition) is 2. The van der Waals surface area contributed by atoms with Crippen LogP contribution in [0.2, 0.25) is 5.02 Å². The number of aryl methyl sites for hydroxylation is 1. The second kappa shape index (κ2) is 3.79. The molecule has 13 heavy (non-hydrogen) atoms. The summed E-state index contributed by atoms with van der Waals surface area (Å²) in [5.41, 5.74) is 2.26. The maximum absolute atomic E-state index is 11.2. The molecule has 2 nitrogen and oxygen atoms in total. The minimum atomic E-state index is -0.348. The lowest BCUT2D eigenvalue weighted by atomic mass is 10.1. The van der Waals surface area contributed by atoms with E-state index in [1.165, 1.54) is 7.11 Å². The molecule has 0 amide bonds. The van der Waals surface area contributed by atoms with Crippen molar-refractivity contribution in [2.45, 2.75) is 13.8 Å². The molecule has 0 bridgehead atoms. The van der Waals surface area contributed by atoms with Crippen LogP contribution in [0.5, 0.6) is 0 Å². The summed E-state index contributed by atoms with van der Waals surface area (Å²) in [5, 5.41) is 0.628. The molecule has 1 aromatic rings. The van der Waals surface area contributed by atoms with Gasteiger partial charge in [-0.1, -0.05) is 17.7 Å². The van der Waals surface area contributed by atoms with Gasteiger partial charge in [0.15, 0.2) is 0 Å². The topological polar surface area (TPSA) is 26.3 Å². The smallest absolute Gasteiger partial charge is 0.338 e. The number of hydrogen-bond donors (Lipinski definition) is 0. The average molecular weight is 199 g/mol. The molecular formula is C10H11ClO2. The van der Waals surface area contributed by atoms with Crippen molar-refractivity contribution in [2.75, 3.05) is 7.11 Å². The second-order valence-electron chi connectivity index (χ2n) is 2.86. The Morgan fingerprint density at radius 1 is 1.38 bits per heavy atom. The Morgan fingerprint density at radius 2 is 2.00 bits per heavy atom. The molecule has 0 saturated heterocycles. The number of benzene rings is 1. The van der Waals surface area contributed by atoms with Gasteiger partial charge >= 0.3 is 5.97 Å². The fourth-order valence-electron chi connectivity index (χ4n) is 1.15. The molecule has 0 fully saturated rings. The molecule has 0 atom stereocenters. The van der Waals surface area contributed by atoms with Gasteiger partial charge in [-0.3, -0.25) is 0 Å². The van der Waals surface area contributed by atoms with Gasteiger partial charge < -0.3 is 4.74 Å². The number of methoxy groups -OCH3 is 1. The Bertz CT molecular complexity index is 345. The SMILES string of the molecule is COC(=O)c1ccc(C)c(Cl)c1C. The fraction of sp³-hybridized carbons (Fsp3) is 0.300. The van der Waals surface area contributed by atoms with Crippen LogP contribution in [0.25, 0.3) is 0 Å². The van der Waals surface area contributed by atoms with Crippen molar-refractivity contribution in [2.24, 2.45) is 0 Å². The van der Waals surface area contributed by atoms with Crippen LogP contribution in [-0.2, 0) is 4.74 Å². The summed E-state index contributed by atoms with van der Waals surface area (Å²) >= 11 is 5.98. The molecule has 3 heteroatoms. The summed E-state index contributed by atoms with van der Waals surface area (Å²) in [6, 6.07) is 3.53. The zero-order chi connectivity index (χ0) is 10.0. The Balaban J connectivity index is 3.26. The van der Waals surface area contributed by atoms with Gasteiger partial charge in [-0.05, 0) is 31.0 Å². The Labute approximate surface area is 82.5 Å². The van der Waals surface area contributed by atoms with Crippen molar-refractivity contribution in [1.82, 2.24) is 0 Å². The number of carbonyl (C=O) groups excluding carboxylic acids is 1. The van der Waals surface area contributed by atoms with Gasteiger partial charge in [-0.2, -0.15) is 0 Å². The molecule has 0 aliphatic carbocycles. The van der Waals surface area contributed by atoms with E-state index in [9.17, 15) is 4.79 Å². The lowest BCUT2D eigenvalue weighted by Gasteiger charge is -2.07. The van der Waals surface area contributed by atoms with E-state index < -0.39 is 0 Å². The highest BCUT2D eigenvalue weighted by molar-refractivity contribution is 6.32. The highest BCUT2D eigenvalue weighted by Gasteiger charge is 2.12. The summed E-state index contributed by atoms with van der Waals surface area (Å²) in [6.07, 6.45) is 0. The molecule has 0 radical (unpaired) electrons. The van der Waals surface area contributed by atoms with E-state index >= 15 is 0 Å². The van der Waals surface area contributed by atoms with Crippen LogP contribution in [0.3, 0.4) is 0 Å². The van der Waals surface area contributed by atoms with Crippen LogP contribution >= 0.6 is 11.6 Å². The number of halogens is 1. The van der Waals surface area contributed by atoms with Gasteiger partial charge in [0.25, 0.3) is 0 Å². The number of carbonyl (C=O) groups is 1. The summed E-state index contributed by atoms with van der Waals surface area (Å²) in [6.45, 7) is 3.71.